The highest BCUT2D eigenvalue weighted by Gasteiger charge is 1.91. The summed E-state index contributed by atoms with van der Waals surface area (Å²) in [6, 6.07) is 0. The SMILES string of the molecule is CCC/C=C/CCC(=O)O.CCC/C=C/CCC(=O)O. The molecule has 0 aromatic heterocycles. The van der Waals surface area contributed by atoms with Gasteiger partial charge in [-0.2, -0.15) is 0 Å². The van der Waals surface area contributed by atoms with E-state index in [4.69, 9.17) is 10.2 Å². The molecule has 0 aromatic carbocycles. The van der Waals surface area contributed by atoms with Crippen molar-refractivity contribution < 1.29 is 19.8 Å². The van der Waals surface area contributed by atoms with Crippen LogP contribution in [0.4, 0.5) is 0 Å². The van der Waals surface area contributed by atoms with Gasteiger partial charge in [0.25, 0.3) is 0 Å². The fourth-order valence-corrected chi connectivity index (χ4v) is 1.22. The minimum atomic E-state index is -0.721. The molecule has 0 aliphatic carbocycles. The van der Waals surface area contributed by atoms with Crippen LogP contribution in [0, 0.1) is 0 Å². The van der Waals surface area contributed by atoms with Gasteiger partial charge < -0.3 is 10.2 Å². The second-order valence-corrected chi connectivity index (χ2v) is 4.38. The van der Waals surface area contributed by atoms with Crippen molar-refractivity contribution in [1.82, 2.24) is 0 Å². The number of unbranched alkanes of at least 4 members (excludes halogenated alkanes) is 2. The van der Waals surface area contributed by atoms with Crippen LogP contribution in [0.5, 0.6) is 0 Å². The lowest BCUT2D eigenvalue weighted by Gasteiger charge is -1.86. The molecule has 4 heteroatoms. The average Bonchev–Trinajstić information content (AvgIpc) is 2.38. The second-order valence-electron chi connectivity index (χ2n) is 4.38. The van der Waals surface area contributed by atoms with Gasteiger partial charge in [-0.3, -0.25) is 9.59 Å². The first kappa shape index (κ1) is 20.7. The first-order valence-electron chi connectivity index (χ1n) is 7.28. The maximum Gasteiger partial charge on any atom is 0.303 e. The Morgan fingerprint density at radius 1 is 0.700 bits per heavy atom. The number of allylic oxidation sites excluding steroid dienone is 4. The zero-order valence-corrected chi connectivity index (χ0v) is 12.7. The third kappa shape index (κ3) is 25.3. The smallest absolute Gasteiger partial charge is 0.303 e. The Morgan fingerprint density at radius 3 is 1.25 bits per heavy atom. The van der Waals surface area contributed by atoms with Gasteiger partial charge in [-0.1, -0.05) is 51.0 Å². The van der Waals surface area contributed by atoms with Crippen LogP contribution < -0.4 is 0 Å². The highest BCUT2D eigenvalue weighted by molar-refractivity contribution is 5.67. The van der Waals surface area contributed by atoms with E-state index in [0.717, 1.165) is 25.7 Å². The van der Waals surface area contributed by atoms with Gasteiger partial charge in [0.2, 0.25) is 0 Å². The van der Waals surface area contributed by atoms with Crippen LogP contribution in [0.2, 0.25) is 0 Å². The van der Waals surface area contributed by atoms with E-state index < -0.39 is 11.9 Å². The van der Waals surface area contributed by atoms with Gasteiger partial charge in [-0.15, -0.1) is 0 Å². The second kappa shape index (κ2) is 17.4. The maximum atomic E-state index is 10.00. The highest BCUT2D eigenvalue weighted by atomic mass is 16.4. The fourth-order valence-electron chi connectivity index (χ4n) is 1.22. The minimum Gasteiger partial charge on any atom is -0.481 e. The molecule has 2 N–H and O–H groups in total. The van der Waals surface area contributed by atoms with Gasteiger partial charge in [-0.25, -0.2) is 0 Å². The van der Waals surface area contributed by atoms with Crippen LogP contribution in [0.25, 0.3) is 0 Å². The zero-order chi connectivity index (χ0) is 15.6. The third-order valence-electron chi connectivity index (χ3n) is 2.29. The summed E-state index contributed by atoms with van der Waals surface area (Å²) in [6.45, 7) is 4.20. The highest BCUT2D eigenvalue weighted by Crippen LogP contribution is 1.95. The summed E-state index contributed by atoms with van der Waals surface area (Å²) < 4.78 is 0. The molecule has 116 valence electrons. The Labute approximate surface area is 122 Å². The predicted molar refractivity (Wildman–Crippen MR) is 81.8 cm³/mol. The number of aliphatic carboxylic acids is 2. The monoisotopic (exact) mass is 284 g/mol. The van der Waals surface area contributed by atoms with Crippen molar-refractivity contribution in [2.45, 2.75) is 65.2 Å². The number of hydrogen-bond donors (Lipinski definition) is 2. The van der Waals surface area contributed by atoms with E-state index in [1.54, 1.807) is 0 Å². The molecular weight excluding hydrogens is 256 g/mol. The summed E-state index contributed by atoms with van der Waals surface area (Å²) >= 11 is 0. The number of hydrogen-bond acceptors (Lipinski definition) is 2. The molecule has 0 aliphatic heterocycles. The molecule has 0 bridgehead atoms. The number of carbonyl (C=O) groups is 2. The first-order chi connectivity index (χ1) is 9.54. The van der Waals surface area contributed by atoms with Crippen molar-refractivity contribution in [2.75, 3.05) is 0 Å². The fraction of sp³-hybridized carbons (Fsp3) is 0.625. The van der Waals surface area contributed by atoms with Crippen molar-refractivity contribution >= 4 is 11.9 Å². The van der Waals surface area contributed by atoms with Gasteiger partial charge in [0.05, 0.1) is 0 Å². The lowest BCUT2D eigenvalue weighted by molar-refractivity contribution is -0.137. The summed E-state index contributed by atoms with van der Waals surface area (Å²) in [5.41, 5.74) is 0. The molecule has 0 unspecified atom stereocenters. The van der Waals surface area contributed by atoms with E-state index in [2.05, 4.69) is 13.8 Å². The quantitative estimate of drug-likeness (QED) is 0.582. The van der Waals surface area contributed by atoms with Gasteiger partial charge in [-0.05, 0) is 25.7 Å². The van der Waals surface area contributed by atoms with E-state index in [0.29, 0.717) is 12.8 Å². The summed E-state index contributed by atoms with van der Waals surface area (Å²) in [6.07, 6.45) is 14.1. The summed E-state index contributed by atoms with van der Waals surface area (Å²) in [5.74, 6) is -1.44. The average molecular weight is 284 g/mol. The van der Waals surface area contributed by atoms with Crippen LogP contribution >= 0.6 is 0 Å². The van der Waals surface area contributed by atoms with Gasteiger partial charge >= 0.3 is 11.9 Å². The lowest BCUT2D eigenvalue weighted by atomic mass is 10.2. The summed E-state index contributed by atoms with van der Waals surface area (Å²) in [4.78, 5) is 20.0. The number of rotatable bonds is 10. The molecule has 0 aromatic rings. The molecule has 0 saturated carbocycles. The minimum absolute atomic E-state index is 0.250. The van der Waals surface area contributed by atoms with Crippen LogP contribution in [-0.4, -0.2) is 22.2 Å². The molecule has 0 fully saturated rings. The third-order valence-corrected chi connectivity index (χ3v) is 2.29. The molecule has 0 radical (unpaired) electrons. The standard InChI is InChI=1S/2C8H14O2/c2*1-2-3-4-5-6-7-8(9)10/h2*4-5H,2-3,6-7H2,1H3,(H,9,10)/b2*5-4+. The Hall–Kier alpha value is -1.58. The predicted octanol–water partition coefficient (Wildman–Crippen LogP) is 4.42. The van der Waals surface area contributed by atoms with Crippen molar-refractivity contribution in [1.29, 1.82) is 0 Å². The maximum absolute atomic E-state index is 10.00. The van der Waals surface area contributed by atoms with Crippen molar-refractivity contribution in [3.8, 4) is 0 Å². The van der Waals surface area contributed by atoms with Crippen molar-refractivity contribution in [2.24, 2.45) is 0 Å². The molecular formula is C16H28O4. The molecule has 20 heavy (non-hydrogen) atoms. The number of carboxylic acid groups (broad SMARTS) is 2. The van der Waals surface area contributed by atoms with E-state index in [-0.39, 0.29) is 12.8 Å². The molecule has 4 nitrogen and oxygen atoms in total. The normalized spacial score (nSPS) is 10.5. The Morgan fingerprint density at radius 2 is 1.00 bits per heavy atom. The van der Waals surface area contributed by atoms with E-state index >= 15 is 0 Å². The van der Waals surface area contributed by atoms with Gasteiger partial charge in [0.1, 0.15) is 0 Å². The molecule has 0 spiro atoms. The number of carboxylic acids is 2. The van der Waals surface area contributed by atoms with E-state index in [9.17, 15) is 9.59 Å². The Kier molecular flexibility index (Phi) is 18.1. The van der Waals surface area contributed by atoms with Crippen LogP contribution in [-0.2, 0) is 9.59 Å². The van der Waals surface area contributed by atoms with Crippen molar-refractivity contribution in [3.05, 3.63) is 24.3 Å². The molecule has 0 rings (SSSR count). The topological polar surface area (TPSA) is 74.6 Å². The molecule has 0 aliphatic rings. The zero-order valence-electron chi connectivity index (χ0n) is 12.7. The van der Waals surface area contributed by atoms with Crippen LogP contribution in [0.1, 0.15) is 65.2 Å². The first-order valence-corrected chi connectivity index (χ1v) is 7.28. The van der Waals surface area contributed by atoms with Gasteiger partial charge in [0.15, 0.2) is 0 Å². The largest absolute Gasteiger partial charge is 0.481 e. The molecule has 0 amide bonds. The van der Waals surface area contributed by atoms with Crippen LogP contribution in [0.3, 0.4) is 0 Å². The molecule has 0 atom stereocenters. The van der Waals surface area contributed by atoms with Gasteiger partial charge in [0, 0.05) is 12.8 Å². The van der Waals surface area contributed by atoms with E-state index in [1.807, 2.05) is 24.3 Å². The van der Waals surface area contributed by atoms with Crippen LogP contribution in [0.15, 0.2) is 24.3 Å². The Bertz CT molecular complexity index is 263. The summed E-state index contributed by atoms with van der Waals surface area (Å²) in [5, 5.41) is 16.5. The molecule has 0 heterocycles. The van der Waals surface area contributed by atoms with Crippen molar-refractivity contribution in [3.63, 3.8) is 0 Å². The molecule has 0 saturated heterocycles. The Balaban J connectivity index is 0. The summed E-state index contributed by atoms with van der Waals surface area (Å²) in [7, 11) is 0. The van der Waals surface area contributed by atoms with E-state index in [1.165, 1.54) is 0 Å². The lowest BCUT2D eigenvalue weighted by Crippen LogP contribution is -1.91.